The summed E-state index contributed by atoms with van der Waals surface area (Å²) in [5, 5.41) is 0. The molecule has 0 aromatic carbocycles. The van der Waals surface area contributed by atoms with Crippen molar-refractivity contribution in [2.75, 3.05) is 26.7 Å². The number of hydrogen-bond donors (Lipinski definition) is 0. The molecule has 0 fully saturated rings. The first-order chi connectivity index (χ1) is 9.71. The van der Waals surface area contributed by atoms with Crippen molar-refractivity contribution in [1.29, 1.82) is 0 Å². The number of methoxy groups -OCH3 is 1. The maximum Gasteiger partial charge on any atom is 0.178 e. The number of ether oxygens (including phenoxy) is 1. The Bertz CT molecular complexity index is 565. The maximum absolute atomic E-state index is 13.8. The molecule has 0 bridgehead atoms. The topological polar surface area (TPSA) is 16.9 Å². The predicted octanol–water partition coefficient (Wildman–Crippen LogP) is 3.36. The average molecular weight is 278 g/mol. The van der Waals surface area contributed by atoms with Crippen LogP contribution >= 0.6 is 0 Å². The Balaban J connectivity index is 2.24. The SMILES string of the molecule is CCCN(CC)CCc1ccn2ccc(F)c(OC)c12. The Labute approximate surface area is 120 Å². The first-order valence-corrected chi connectivity index (χ1v) is 7.25. The minimum absolute atomic E-state index is 0.305. The lowest BCUT2D eigenvalue weighted by Crippen LogP contribution is -2.26. The number of halogens is 1. The van der Waals surface area contributed by atoms with Gasteiger partial charge in [-0.1, -0.05) is 13.8 Å². The highest BCUT2D eigenvalue weighted by Crippen LogP contribution is 2.27. The molecule has 0 amide bonds. The van der Waals surface area contributed by atoms with Gasteiger partial charge in [-0.2, -0.15) is 0 Å². The van der Waals surface area contributed by atoms with E-state index in [1.54, 1.807) is 6.20 Å². The van der Waals surface area contributed by atoms with E-state index >= 15 is 0 Å². The number of hydrogen-bond acceptors (Lipinski definition) is 2. The van der Waals surface area contributed by atoms with Gasteiger partial charge in [-0.3, -0.25) is 0 Å². The molecule has 3 nitrogen and oxygen atoms in total. The van der Waals surface area contributed by atoms with Crippen molar-refractivity contribution in [3.8, 4) is 5.75 Å². The number of pyridine rings is 1. The lowest BCUT2D eigenvalue weighted by molar-refractivity contribution is 0.292. The number of nitrogens with zero attached hydrogens (tertiary/aromatic N) is 2. The lowest BCUT2D eigenvalue weighted by Gasteiger charge is -2.19. The van der Waals surface area contributed by atoms with E-state index in [4.69, 9.17) is 4.74 Å². The molecular weight excluding hydrogens is 255 g/mol. The summed E-state index contributed by atoms with van der Waals surface area (Å²) in [6, 6.07) is 3.49. The summed E-state index contributed by atoms with van der Waals surface area (Å²) < 4.78 is 21.0. The molecule has 0 aliphatic rings. The molecule has 2 heterocycles. The highest BCUT2D eigenvalue weighted by molar-refractivity contribution is 5.66. The van der Waals surface area contributed by atoms with E-state index in [2.05, 4.69) is 24.8 Å². The molecule has 4 heteroatoms. The van der Waals surface area contributed by atoms with Crippen LogP contribution in [-0.2, 0) is 6.42 Å². The zero-order chi connectivity index (χ0) is 14.5. The van der Waals surface area contributed by atoms with Crippen molar-refractivity contribution in [3.05, 3.63) is 35.9 Å². The molecule has 20 heavy (non-hydrogen) atoms. The van der Waals surface area contributed by atoms with Crippen molar-refractivity contribution in [2.45, 2.75) is 26.7 Å². The van der Waals surface area contributed by atoms with Crippen molar-refractivity contribution >= 4 is 5.52 Å². The molecular formula is C16H23FN2O. The van der Waals surface area contributed by atoms with Gasteiger partial charge in [0.1, 0.15) is 0 Å². The fraction of sp³-hybridized carbons (Fsp3) is 0.500. The summed E-state index contributed by atoms with van der Waals surface area (Å²) in [6.45, 7) is 7.51. The molecule has 0 spiro atoms. The van der Waals surface area contributed by atoms with Gasteiger partial charge in [0, 0.05) is 18.9 Å². The molecule has 0 saturated heterocycles. The molecule has 0 aliphatic carbocycles. The van der Waals surface area contributed by atoms with Crippen molar-refractivity contribution < 1.29 is 9.13 Å². The minimum atomic E-state index is -0.305. The zero-order valence-electron chi connectivity index (χ0n) is 12.5. The summed E-state index contributed by atoms with van der Waals surface area (Å²) in [5.41, 5.74) is 1.98. The van der Waals surface area contributed by atoms with Crippen LogP contribution in [0.3, 0.4) is 0 Å². The Morgan fingerprint density at radius 3 is 2.60 bits per heavy atom. The highest BCUT2D eigenvalue weighted by atomic mass is 19.1. The third kappa shape index (κ3) is 2.96. The monoisotopic (exact) mass is 278 g/mol. The van der Waals surface area contributed by atoms with Crippen LogP contribution in [0.15, 0.2) is 24.5 Å². The van der Waals surface area contributed by atoms with Gasteiger partial charge in [-0.15, -0.1) is 0 Å². The van der Waals surface area contributed by atoms with E-state index < -0.39 is 0 Å². The molecule has 0 saturated carbocycles. The second-order valence-electron chi connectivity index (χ2n) is 4.98. The first kappa shape index (κ1) is 14.9. The molecule has 0 unspecified atom stereocenters. The molecule has 2 aromatic rings. The predicted molar refractivity (Wildman–Crippen MR) is 80.0 cm³/mol. The number of fused-ring (bicyclic) bond motifs is 1. The highest BCUT2D eigenvalue weighted by Gasteiger charge is 2.13. The summed E-state index contributed by atoms with van der Waals surface area (Å²) in [6.07, 6.45) is 5.76. The van der Waals surface area contributed by atoms with Gasteiger partial charge < -0.3 is 14.0 Å². The maximum atomic E-state index is 13.8. The Hall–Kier alpha value is -1.55. The van der Waals surface area contributed by atoms with Crippen LogP contribution in [0.25, 0.3) is 5.52 Å². The Morgan fingerprint density at radius 1 is 1.20 bits per heavy atom. The largest absolute Gasteiger partial charge is 0.492 e. The molecule has 2 aromatic heterocycles. The standard InChI is InChI=1S/C16H23FN2O/c1-4-9-18(5-2)10-6-13-7-11-19-12-8-14(17)16(20-3)15(13)19/h7-8,11-12H,4-6,9-10H2,1-3H3. The minimum Gasteiger partial charge on any atom is -0.492 e. The number of rotatable bonds is 7. The van der Waals surface area contributed by atoms with Gasteiger partial charge in [0.25, 0.3) is 0 Å². The van der Waals surface area contributed by atoms with Crippen LogP contribution < -0.4 is 4.74 Å². The summed E-state index contributed by atoms with van der Waals surface area (Å²) in [7, 11) is 1.52. The smallest absolute Gasteiger partial charge is 0.178 e. The van der Waals surface area contributed by atoms with Crippen LogP contribution in [0.1, 0.15) is 25.8 Å². The van der Waals surface area contributed by atoms with Crippen LogP contribution in [0.5, 0.6) is 5.75 Å². The Kier molecular flexibility index (Phi) is 5.01. The lowest BCUT2D eigenvalue weighted by atomic mass is 10.1. The second-order valence-corrected chi connectivity index (χ2v) is 4.98. The third-order valence-corrected chi connectivity index (χ3v) is 3.70. The van der Waals surface area contributed by atoms with E-state index in [0.29, 0.717) is 5.75 Å². The van der Waals surface area contributed by atoms with E-state index in [0.717, 1.165) is 43.6 Å². The third-order valence-electron chi connectivity index (χ3n) is 3.70. The Morgan fingerprint density at radius 2 is 1.95 bits per heavy atom. The molecule has 110 valence electrons. The number of likely N-dealkylation sites (N-methyl/N-ethyl adjacent to an activating group) is 1. The van der Waals surface area contributed by atoms with Gasteiger partial charge in [0.05, 0.1) is 12.6 Å². The fourth-order valence-electron chi connectivity index (χ4n) is 2.63. The summed E-state index contributed by atoms with van der Waals surface area (Å²) in [5.74, 6) is 0.0342. The van der Waals surface area contributed by atoms with Gasteiger partial charge in [0.15, 0.2) is 11.6 Å². The average Bonchev–Trinajstić information content (AvgIpc) is 2.86. The fourth-order valence-corrected chi connectivity index (χ4v) is 2.63. The van der Waals surface area contributed by atoms with E-state index in [9.17, 15) is 4.39 Å². The van der Waals surface area contributed by atoms with Crippen LogP contribution in [0, 0.1) is 5.82 Å². The summed E-state index contributed by atoms with van der Waals surface area (Å²) in [4.78, 5) is 2.41. The van der Waals surface area contributed by atoms with E-state index in [1.165, 1.54) is 13.2 Å². The van der Waals surface area contributed by atoms with E-state index in [1.807, 2.05) is 10.6 Å². The normalized spacial score (nSPS) is 11.4. The van der Waals surface area contributed by atoms with Crippen molar-refractivity contribution in [2.24, 2.45) is 0 Å². The second kappa shape index (κ2) is 6.75. The molecule has 2 rings (SSSR count). The molecule has 0 atom stereocenters. The van der Waals surface area contributed by atoms with Crippen molar-refractivity contribution in [1.82, 2.24) is 9.30 Å². The molecule has 0 aliphatic heterocycles. The van der Waals surface area contributed by atoms with Crippen LogP contribution in [0.2, 0.25) is 0 Å². The number of aromatic nitrogens is 1. The van der Waals surface area contributed by atoms with Gasteiger partial charge in [-0.25, -0.2) is 4.39 Å². The summed E-state index contributed by atoms with van der Waals surface area (Å²) >= 11 is 0. The molecule has 0 N–H and O–H groups in total. The zero-order valence-corrected chi connectivity index (χ0v) is 12.5. The quantitative estimate of drug-likeness (QED) is 0.772. The van der Waals surface area contributed by atoms with Gasteiger partial charge >= 0.3 is 0 Å². The van der Waals surface area contributed by atoms with E-state index in [-0.39, 0.29) is 5.82 Å². The first-order valence-electron chi connectivity index (χ1n) is 7.25. The molecule has 0 radical (unpaired) electrons. The van der Waals surface area contributed by atoms with Crippen molar-refractivity contribution in [3.63, 3.8) is 0 Å². The van der Waals surface area contributed by atoms with Gasteiger partial charge in [0.2, 0.25) is 0 Å². The van der Waals surface area contributed by atoms with Crippen LogP contribution in [-0.4, -0.2) is 36.0 Å². The van der Waals surface area contributed by atoms with Crippen LogP contribution in [0.4, 0.5) is 4.39 Å². The van der Waals surface area contributed by atoms with Gasteiger partial charge in [-0.05, 0) is 43.6 Å².